The van der Waals surface area contributed by atoms with Gasteiger partial charge in [-0.1, -0.05) is 30.3 Å². The molecule has 0 saturated heterocycles. The van der Waals surface area contributed by atoms with Crippen LogP contribution in [-0.4, -0.2) is 27.5 Å². The molecule has 1 amide bonds. The number of amides is 1. The van der Waals surface area contributed by atoms with Crippen LogP contribution in [0.3, 0.4) is 0 Å². The molecule has 1 unspecified atom stereocenters. The maximum Gasteiger partial charge on any atom is 0.233 e. The molecule has 19 heavy (non-hydrogen) atoms. The Bertz CT molecular complexity index is 499. The van der Waals surface area contributed by atoms with Gasteiger partial charge in [-0.15, -0.1) is 0 Å². The van der Waals surface area contributed by atoms with Gasteiger partial charge in [0.05, 0.1) is 11.8 Å². The predicted octanol–water partition coefficient (Wildman–Crippen LogP) is 1.54. The molecule has 0 saturated carbocycles. The van der Waals surface area contributed by atoms with Crippen molar-refractivity contribution in [2.75, 3.05) is 6.54 Å². The van der Waals surface area contributed by atoms with Crippen molar-refractivity contribution >= 4 is 18.5 Å². The predicted molar refractivity (Wildman–Crippen MR) is 78.2 cm³/mol. The van der Waals surface area contributed by atoms with E-state index in [4.69, 9.17) is 0 Å². The topological polar surface area (TPSA) is 46.9 Å². The van der Waals surface area contributed by atoms with E-state index in [1.165, 1.54) is 0 Å². The number of carbonyl (C=O) groups is 1. The summed E-state index contributed by atoms with van der Waals surface area (Å²) in [7, 11) is 0. The van der Waals surface area contributed by atoms with Crippen molar-refractivity contribution in [3.63, 3.8) is 0 Å². The molecule has 1 atom stereocenters. The molecule has 0 radical (unpaired) electrons. The summed E-state index contributed by atoms with van der Waals surface area (Å²) in [5, 5.41) is 6.62. The number of rotatable bonds is 6. The quantitative estimate of drug-likeness (QED) is 0.786. The van der Waals surface area contributed by atoms with E-state index in [2.05, 4.69) is 23.0 Å². The van der Waals surface area contributed by atoms with E-state index in [9.17, 15) is 4.79 Å². The Morgan fingerprint density at radius 3 is 2.79 bits per heavy atom. The Kier molecular flexibility index (Phi) is 5.03. The number of thiol groups is 1. The molecule has 2 aromatic rings. The van der Waals surface area contributed by atoms with Crippen LogP contribution in [-0.2, 0) is 17.8 Å². The van der Waals surface area contributed by atoms with E-state index in [0.717, 1.165) is 5.56 Å². The normalized spacial score (nSPS) is 12.1. The second-order valence-corrected chi connectivity index (χ2v) is 4.89. The van der Waals surface area contributed by atoms with Crippen molar-refractivity contribution in [2.24, 2.45) is 0 Å². The SMILES string of the molecule is O=C(NCCn1cccn1)C(S)Cc1ccccc1. The highest BCUT2D eigenvalue weighted by molar-refractivity contribution is 7.81. The van der Waals surface area contributed by atoms with Crippen LogP contribution in [0.5, 0.6) is 0 Å². The molecule has 0 aliphatic rings. The maximum atomic E-state index is 11.9. The van der Waals surface area contributed by atoms with Gasteiger partial charge in [0.25, 0.3) is 0 Å². The van der Waals surface area contributed by atoms with Crippen LogP contribution < -0.4 is 5.32 Å². The summed E-state index contributed by atoms with van der Waals surface area (Å²) >= 11 is 4.35. The summed E-state index contributed by atoms with van der Waals surface area (Å²) < 4.78 is 1.78. The van der Waals surface area contributed by atoms with Gasteiger partial charge in [0.15, 0.2) is 0 Å². The summed E-state index contributed by atoms with van der Waals surface area (Å²) in [5.41, 5.74) is 1.12. The number of carbonyl (C=O) groups excluding carboxylic acids is 1. The standard InChI is InChI=1S/C14H17N3OS/c18-14(15-8-10-17-9-4-7-16-17)13(19)11-12-5-2-1-3-6-12/h1-7,9,13,19H,8,10-11H2,(H,15,18). The molecule has 1 aromatic carbocycles. The number of nitrogens with one attached hydrogen (secondary N) is 1. The molecular formula is C14H17N3OS. The molecule has 0 spiro atoms. The van der Waals surface area contributed by atoms with E-state index in [1.807, 2.05) is 42.6 Å². The van der Waals surface area contributed by atoms with Crippen LogP contribution in [0.4, 0.5) is 0 Å². The van der Waals surface area contributed by atoms with Crippen LogP contribution >= 0.6 is 12.6 Å². The number of benzene rings is 1. The fourth-order valence-corrected chi connectivity index (χ4v) is 2.08. The molecular weight excluding hydrogens is 258 g/mol. The van der Waals surface area contributed by atoms with Gasteiger partial charge in [-0.2, -0.15) is 17.7 Å². The van der Waals surface area contributed by atoms with Crippen molar-refractivity contribution < 1.29 is 4.79 Å². The Labute approximate surface area is 118 Å². The third kappa shape index (κ3) is 4.44. The number of aromatic nitrogens is 2. The van der Waals surface area contributed by atoms with Crippen LogP contribution in [0.2, 0.25) is 0 Å². The first-order valence-electron chi connectivity index (χ1n) is 6.23. The van der Waals surface area contributed by atoms with Crippen molar-refractivity contribution in [1.82, 2.24) is 15.1 Å². The minimum Gasteiger partial charge on any atom is -0.353 e. The highest BCUT2D eigenvalue weighted by atomic mass is 32.1. The fraction of sp³-hybridized carbons (Fsp3) is 0.286. The minimum atomic E-state index is -0.319. The summed E-state index contributed by atoms with van der Waals surface area (Å²) in [6.45, 7) is 1.23. The number of hydrogen-bond acceptors (Lipinski definition) is 3. The van der Waals surface area contributed by atoms with Crippen molar-refractivity contribution in [1.29, 1.82) is 0 Å². The molecule has 0 aliphatic heterocycles. The molecule has 1 N–H and O–H groups in total. The Hall–Kier alpha value is -1.75. The highest BCUT2D eigenvalue weighted by Crippen LogP contribution is 2.07. The van der Waals surface area contributed by atoms with Crippen molar-refractivity contribution in [3.8, 4) is 0 Å². The monoisotopic (exact) mass is 275 g/mol. The van der Waals surface area contributed by atoms with Gasteiger partial charge < -0.3 is 5.32 Å². The van der Waals surface area contributed by atoms with Crippen molar-refractivity contribution in [3.05, 3.63) is 54.4 Å². The molecule has 1 heterocycles. The first-order chi connectivity index (χ1) is 9.25. The zero-order valence-corrected chi connectivity index (χ0v) is 11.5. The molecule has 0 fully saturated rings. The van der Waals surface area contributed by atoms with Gasteiger partial charge >= 0.3 is 0 Å². The second kappa shape index (κ2) is 6.99. The fourth-order valence-electron chi connectivity index (χ4n) is 1.77. The number of hydrogen-bond donors (Lipinski definition) is 2. The van der Waals surface area contributed by atoms with E-state index in [0.29, 0.717) is 19.5 Å². The summed E-state index contributed by atoms with van der Waals surface area (Å²) in [4.78, 5) is 11.9. The van der Waals surface area contributed by atoms with Crippen LogP contribution in [0.25, 0.3) is 0 Å². The second-order valence-electron chi connectivity index (χ2n) is 4.27. The van der Waals surface area contributed by atoms with Gasteiger partial charge in [0.1, 0.15) is 0 Å². The number of nitrogens with zero attached hydrogens (tertiary/aromatic N) is 2. The zero-order valence-electron chi connectivity index (χ0n) is 10.6. The molecule has 5 heteroatoms. The van der Waals surface area contributed by atoms with Gasteiger partial charge in [-0.3, -0.25) is 9.48 Å². The Morgan fingerprint density at radius 1 is 1.32 bits per heavy atom. The van der Waals surface area contributed by atoms with Gasteiger partial charge in [-0.25, -0.2) is 0 Å². The van der Waals surface area contributed by atoms with Crippen molar-refractivity contribution in [2.45, 2.75) is 18.2 Å². The molecule has 0 aliphatic carbocycles. The smallest absolute Gasteiger partial charge is 0.233 e. The van der Waals surface area contributed by atoms with E-state index in [-0.39, 0.29) is 11.2 Å². The molecule has 1 aromatic heterocycles. The van der Waals surface area contributed by atoms with E-state index in [1.54, 1.807) is 10.9 Å². The lowest BCUT2D eigenvalue weighted by atomic mass is 10.1. The summed E-state index contributed by atoms with van der Waals surface area (Å²) in [5.74, 6) is -0.0423. The maximum absolute atomic E-state index is 11.9. The lowest BCUT2D eigenvalue weighted by Gasteiger charge is -2.11. The first kappa shape index (κ1) is 13.7. The third-order valence-corrected chi connectivity index (χ3v) is 3.19. The summed E-state index contributed by atoms with van der Waals surface area (Å²) in [6, 6.07) is 11.7. The summed E-state index contributed by atoms with van der Waals surface area (Å²) in [6.07, 6.45) is 4.23. The minimum absolute atomic E-state index is 0.0423. The molecule has 2 rings (SSSR count). The zero-order chi connectivity index (χ0) is 13.5. The van der Waals surface area contributed by atoms with E-state index < -0.39 is 0 Å². The van der Waals surface area contributed by atoms with Gasteiger partial charge in [0.2, 0.25) is 5.91 Å². The van der Waals surface area contributed by atoms with Crippen LogP contribution in [0, 0.1) is 0 Å². The molecule has 100 valence electrons. The Balaban J connectivity index is 1.73. The highest BCUT2D eigenvalue weighted by Gasteiger charge is 2.13. The van der Waals surface area contributed by atoms with E-state index >= 15 is 0 Å². The largest absolute Gasteiger partial charge is 0.353 e. The average molecular weight is 275 g/mol. The first-order valence-corrected chi connectivity index (χ1v) is 6.74. The molecule has 4 nitrogen and oxygen atoms in total. The average Bonchev–Trinajstić information content (AvgIpc) is 2.93. The Morgan fingerprint density at radius 2 is 2.11 bits per heavy atom. The van der Waals surface area contributed by atoms with Gasteiger partial charge in [-0.05, 0) is 18.1 Å². The van der Waals surface area contributed by atoms with Gasteiger partial charge in [0, 0.05) is 18.9 Å². The third-order valence-electron chi connectivity index (χ3n) is 2.77. The lowest BCUT2D eigenvalue weighted by molar-refractivity contribution is -0.120. The molecule has 0 bridgehead atoms. The lowest BCUT2D eigenvalue weighted by Crippen LogP contribution is -2.34. The van der Waals surface area contributed by atoms with Crippen LogP contribution in [0.15, 0.2) is 48.8 Å². The van der Waals surface area contributed by atoms with Crippen LogP contribution in [0.1, 0.15) is 5.56 Å².